The van der Waals surface area contributed by atoms with Crippen molar-refractivity contribution in [3.8, 4) is 22.8 Å². The van der Waals surface area contributed by atoms with Crippen molar-refractivity contribution in [2.75, 3.05) is 13.3 Å². The number of ether oxygens (including phenoxy) is 2. The summed E-state index contributed by atoms with van der Waals surface area (Å²) < 4.78 is 12.1. The van der Waals surface area contributed by atoms with Gasteiger partial charge in [-0.1, -0.05) is 0 Å². The predicted octanol–water partition coefficient (Wildman–Crippen LogP) is 1.10. The lowest BCUT2D eigenvalue weighted by molar-refractivity contribution is 0.0947. The summed E-state index contributed by atoms with van der Waals surface area (Å²) in [6.07, 6.45) is 2.97. The zero-order chi connectivity index (χ0) is 18.8. The van der Waals surface area contributed by atoms with E-state index in [9.17, 15) is 9.59 Å². The quantitative estimate of drug-likeness (QED) is 0.699. The Morgan fingerprint density at radius 3 is 3.04 bits per heavy atom. The van der Waals surface area contributed by atoms with Gasteiger partial charge in [0, 0.05) is 30.4 Å². The number of aromatic nitrogens is 4. The molecule has 3 heterocycles. The van der Waals surface area contributed by atoms with E-state index < -0.39 is 0 Å². The van der Waals surface area contributed by atoms with Crippen LogP contribution in [0.3, 0.4) is 0 Å². The van der Waals surface area contributed by atoms with Crippen LogP contribution in [-0.2, 0) is 6.54 Å². The van der Waals surface area contributed by atoms with Gasteiger partial charge in [0.2, 0.25) is 6.79 Å². The summed E-state index contributed by atoms with van der Waals surface area (Å²) in [4.78, 5) is 28.2. The highest BCUT2D eigenvalue weighted by atomic mass is 16.7. The summed E-state index contributed by atoms with van der Waals surface area (Å²) in [7, 11) is 0. The van der Waals surface area contributed by atoms with Gasteiger partial charge in [0.25, 0.3) is 11.5 Å². The molecule has 0 spiro atoms. The van der Waals surface area contributed by atoms with Crippen LogP contribution in [0.25, 0.3) is 11.3 Å². The number of rotatable bonds is 5. The van der Waals surface area contributed by atoms with Gasteiger partial charge in [-0.3, -0.25) is 19.3 Å². The van der Waals surface area contributed by atoms with E-state index in [-0.39, 0.29) is 18.3 Å². The standard InChI is InChI=1S/C18H17N5O4/c1-11-8-19-9-23(18(11)25)5-4-20-17(24)14-7-13(21-22-14)12-2-3-15-16(6-12)27-10-26-15/h2-3,6-9H,4-5,10H2,1H3,(H,20,24)(H,21,22). The first kappa shape index (κ1) is 16.8. The minimum absolute atomic E-state index is 0.120. The molecule has 27 heavy (non-hydrogen) atoms. The average molecular weight is 367 g/mol. The van der Waals surface area contributed by atoms with Gasteiger partial charge in [-0.05, 0) is 31.2 Å². The van der Waals surface area contributed by atoms with E-state index in [2.05, 4.69) is 20.5 Å². The first-order valence-electron chi connectivity index (χ1n) is 8.36. The molecule has 1 aliphatic rings. The van der Waals surface area contributed by atoms with Gasteiger partial charge in [-0.15, -0.1) is 0 Å². The van der Waals surface area contributed by atoms with E-state index >= 15 is 0 Å². The zero-order valence-corrected chi connectivity index (χ0v) is 14.6. The Morgan fingerprint density at radius 2 is 2.15 bits per heavy atom. The van der Waals surface area contributed by atoms with Crippen LogP contribution in [0.4, 0.5) is 0 Å². The summed E-state index contributed by atoms with van der Waals surface area (Å²) in [6.45, 7) is 2.53. The fraction of sp³-hybridized carbons (Fsp3) is 0.222. The smallest absolute Gasteiger partial charge is 0.269 e. The zero-order valence-electron chi connectivity index (χ0n) is 14.6. The van der Waals surface area contributed by atoms with Crippen LogP contribution in [0, 0.1) is 6.92 Å². The van der Waals surface area contributed by atoms with Crippen molar-refractivity contribution >= 4 is 5.91 Å². The Bertz CT molecular complexity index is 1060. The molecule has 0 saturated heterocycles. The molecule has 0 bridgehead atoms. The van der Waals surface area contributed by atoms with Gasteiger partial charge in [-0.2, -0.15) is 5.10 Å². The van der Waals surface area contributed by atoms with Gasteiger partial charge in [0.1, 0.15) is 5.69 Å². The number of carbonyl (C=O) groups excluding carboxylic acids is 1. The third-order valence-corrected chi connectivity index (χ3v) is 4.20. The van der Waals surface area contributed by atoms with Crippen LogP contribution in [0.2, 0.25) is 0 Å². The Morgan fingerprint density at radius 1 is 1.30 bits per heavy atom. The van der Waals surface area contributed by atoms with E-state index in [0.717, 1.165) is 5.56 Å². The minimum Gasteiger partial charge on any atom is -0.454 e. The molecule has 138 valence electrons. The fourth-order valence-corrected chi connectivity index (χ4v) is 2.75. The van der Waals surface area contributed by atoms with Gasteiger partial charge in [0.15, 0.2) is 11.5 Å². The summed E-state index contributed by atoms with van der Waals surface area (Å²) in [5.74, 6) is 1.04. The van der Waals surface area contributed by atoms with Crippen LogP contribution >= 0.6 is 0 Å². The van der Waals surface area contributed by atoms with Crippen LogP contribution < -0.4 is 20.3 Å². The maximum absolute atomic E-state index is 12.3. The van der Waals surface area contributed by atoms with Crippen molar-refractivity contribution in [1.29, 1.82) is 0 Å². The molecule has 9 nitrogen and oxygen atoms in total. The number of carbonyl (C=O) groups is 1. The largest absolute Gasteiger partial charge is 0.454 e. The Balaban J connectivity index is 1.40. The molecule has 0 radical (unpaired) electrons. The Hall–Kier alpha value is -3.62. The highest BCUT2D eigenvalue weighted by molar-refractivity contribution is 5.93. The molecule has 0 aliphatic carbocycles. The van der Waals surface area contributed by atoms with Crippen molar-refractivity contribution < 1.29 is 14.3 Å². The molecule has 1 aliphatic heterocycles. The molecular formula is C18H17N5O4. The van der Waals surface area contributed by atoms with Crippen molar-refractivity contribution in [2.45, 2.75) is 13.5 Å². The second-order valence-corrected chi connectivity index (χ2v) is 6.07. The first-order valence-corrected chi connectivity index (χ1v) is 8.36. The molecule has 2 N–H and O–H groups in total. The summed E-state index contributed by atoms with van der Waals surface area (Å²) >= 11 is 0. The molecule has 1 aromatic carbocycles. The van der Waals surface area contributed by atoms with Crippen LogP contribution in [0.1, 0.15) is 16.1 Å². The molecule has 3 aromatic rings. The molecule has 0 unspecified atom stereocenters. The highest BCUT2D eigenvalue weighted by Gasteiger charge is 2.16. The molecule has 0 fully saturated rings. The third kappa shape index (κ3) is 3.39. The number of nitrogens with zero attached hydrogens (tertiary/aromatic N) is 3. The second kappa shape index (κ2) is 6.94. The van der Waals surface area contributed by atoms with E-state index in [1.165, 1.54) is 17.1 Å². The van der Waals surface area contributed by atoms with Crippen molar-refractivity contribution in [1.82, 2.24) is 25.1 Å². The van der Waals surface area contributed by atoms with E-state index in [0.29, 0.717) is 41.5 Å². The number of hydrogen-bond acceptors (Lipinski definition) is 6. The molecular weight excluding hydrogens is 350 g/mol. The predicted molar refractivity (Wildman–Crippen MR) is 95.7 cm³/mol. The first-order chi connectivity index (χ1) is 13.1. The number of H-pyrrole nitrogens is 1. The highest BCUT2D eigenvalue weighted by Crippen LogP contribution is 2.35. The molecule has 1 amide bonds. The second-order valence-electron chi connectivity index (χ2n) is 6.07. The minimum atomic E-state index is -0.303. The third-order valence-electron chi connectivity index (χ3n) is 4.20. The number of nitrogens with one attached hydrogen (secondary N) is 2. The summed E-state index contributed by atoms with van der Waals surface area (Å²) in [5.41, 5.74) is 2.21. The Labute approximate surface area is 154 Å². The van der Waals surface area contributed by atoms with E-state index in [1.807, 2.05) is 12.1 Å². The summed E-state index contributed by atoms with van der Waals surface area (Å²) in [5, 5.41) is 9.66. The fourth-order valence-electron chi connectivity index (χ4n) is 2.75. The van der Waals surface area contributed by atoms with Crippen molar-refractivity contribution in [3.05, 3.63) is 58.4 Å². The number of hydrogen-bond donors (Lipinski definition) is 2. The van der Waals surface area contributed by atoms with Crippen LogP contribution in [0.15, 0.2) is 41.6 Å². The lowest BCUT2D eigenvalue weighted by Crippen LogP contribution is -2.31. The molecule has 0 atom stereocenters. The normalized spacial score (nSPS) is 12.2. The number of aryl methyl sites for hydroxylation is 1. The molecule has 0 saturated carbocycles. The SMILES string of the molecule is Cc1cncn(CCNC(=O)c2cc(-c3ccc4c(c3)OCO4)n[nH]2)c1=O. The molecule has 4 rings (SSSR count). The van der Waals surface area contributed by atoms with E-state index in [4.69, 9.17) is 9.47 Å². The number of benzene rings is 1. The number of fused-ring (bicyclic) bond motifs is 1. The maximum atomic E-state index is 12.3. The average Bonchev–Trinajstić information content (AvgIpc) is 3.33. The monoisotopic (exact) mass is 367 g/mol. The maximum Gasteiger partial charge on any atom is 0.269 e. The van der Waals surface area contributed by atoms with E-state index in [1.54, 1.807) is 19.1 Å². The molecule has 2 aromatic heterocycles. The summed E-state index contributed by atoms with van der Waals surface area (Å²) in [6, 6.07) is 7.13. The lowest BCUT2D eigenvalue weighted by atomic mass is 10.1. The van der Waals surface area contributed by atoms with Crippen molar-refractivity contribution in [3.63, 3.8) is 0 Å². The lowest BCUT2D eigenvalue weighted by Gasteiger charge is -2.06. The van der Waals surface area contributed by atoms with Crippen LogP contribution in [-0.4, -0.2) is 39.0 Å². The van der Waals surface area contributed by atoms with Gasteiger partial charge in [0.05, 0.1) is 12.0 Å². The van der Waals surface area contributed by atoms with Crippen LogP contribution in [0.5, 0.6) is 11.5 Å². The van der Waals surface area contributed by atoms with Gasteiger partial charge in [-0.25, -0.2) is 4.98 Å². The van der Waals surface area contributed by atoms with Crippen molar-refractivity contribution in [2.24, 2.45) is 0 Å². The molecule has 9 heteroatoms. The van der Waals surface area contributed by atoms with Gasteiger partial charge < -0.3 is 14.8 Å². The topological polar surface area (TPSA) is 111 Å². The van der Waals surface area contributed by atoms with Gasteiger partial charge >= 0.3 is 0 Å². The Kier molecular flexibility index (Phi) is 4.33. The number of aromatic amines is 1. The number of amides is 1.